The maximum atomic E-state index is 11.0. The van der Waals surface area contributed by atoms with E-state index in [1.807, 2.05) is 18.2 Å². The van der Waals surface area contributed by atoms with Crippen LogP contribution in [0, 0.1) is 5.92 Å². The highest BCUT2D eigenvalue weighted by atomic mass is 16.4. The Kier molecular flexibility index (Phi) is 4.12. The number of aliphatic carboxylic acids is 1. The Morgan fingerprint density at radius 2 is 2.18 bits per heavy atom. The van der Waals surface area contributed by atoms with E-state index in [2.05, 4.69) is 22.3 Å². The Hall–Kier alpha value is -1.39. The predicted octanol–water partition coefficient (Wildman–Crippen LogP) is 0.793. The molecule has 1 atom stereocenters. The molecule has 0 bridgehead atoms. The van der Waals surface area contributed by atoms with Crippen LogP contribution in [0.1, 0.15) is 5.56 Å². The molecule has 17 heavy (non-hydrogen) atoms. The molecule has 0 radical (unpaired) electrons. The lowest BCUT2D eigenvalue weighted by Gasteiger charge is -2.21. The first kappa shape index (κ1) is 12.1. The van der Waals surface area contributed by atoms with E-state index in [4.69, 9.17) is 5.11 Å². The lowest BCUT2D eigenvalue weighted by molar-refractivity contribution is -0.142. The zero-order valence-corrected chi connectivity index (χ0v) is 9.80. The third kappa shape index (κ3) is 3.54. The standard InChI is InChI=1S/C13H18N2O2/c16-13(17)12-8-14-6-7-15(10-12)9-11-4-2-1-3-5-11/h1-5,12,14H,6-10H2,(H,16,17)/t12-/m0/s1. The number of carboxylic acids is 1. The van der Waals surface area contributed by atoms with Gasteiger partial charge in [-0.25, -0.2) is 0 Å². The van der Waals surface area contributed by atoms with Gasteiger partial charge in [-0.15, -0.1) is 0 Å². The minimum absolute atomic E-state index is 0.304. The SMILES string of the molecule is O=C(O)[C@H]1CNCCN(Cc2ccccc2)C1. The number of nitrogens with one attached hydrogen (secondary N) is 1. The predicted molar refractivity (Wildman–Crippen MR) is 65.7 cm³/mol. The van der Waals surface area contributed by atoms with Crippen LogP contribution in [0.3, 0.4) is 0 Å². The minimum atomic E-state index is -0.711. The van der Waals surface area contributed by atoms with Crippen LogP contribution in [0.15, 0.2) is 30.3 Å². The Morgan fingerprint density at radius 1 is 1.41 bits per heavy atom. The first-order chi connectivity index (χ1) is 8.25. The van der Waals surface area contributed by atoms with Crippen LogP contribution in [0.5, 0.6) is 0 Å². The highest BCUT2D eigenvalue weighted by molar-refractivity contribution is 5.70. The molecule has 2 N–H and O–H groups in total. The fourth-order valence-corrected chi connectivity index (χ4v) is 2.13. The highest BCUT2D eigenvalue weighted by Gasteiger charge is 2.23. The fourth-order valence-electron chi connectivity index (χ4n) is 2.13. The van der Waals surface area contributed by atoms with Gasteiger partial charge in [-0.2, -0.15) is 0 Å². The number of hydrogen-bond donors (Lipinski definition) is 2. The Balaban J connectivity index is 1.97. The molecule has 1 aliphatic rings. The molecule has 0 amide bonds. The summed E-state index contributed by atoms with van der Waals surface area (Å²) in [5.41, 5.74) is 1.23. The van der Waals surface area contributed by atoms with Crippen LogP contribution < -0.4 is 5.32 Å². The smallest absolute Gasteiger partial charge is 0.309 e. The van der Waals surface area contributed by atoms with Crippen molar-refractivity contribution in [1.29, 1.82) is 0 Å². The average molecular weight is 234 g/mol. The monoisotopic (exact) mass is 234 g/mol. The second-order valence-corrected chi connectivity index (χ2v) is 4.46. The van der Waals surface area contributed by atoms with Gasteiger partial charge in [0.25, 0.3) is 0 Å². The van der Waals surface area contributed by atoms with Crippen molar-refractivity contribution in [2.45, 2.75) is 6.54 Å². The molecule has 2 rings (SSSR count). The van der Waals surface area contributed by atoms with Crippen LogP contribution in [-0.4, -0.2) is 42.2 Å². The van der Waals surface area contributed by atoms with Crippen molar-refractivity contribution < 1.29 is 9.90 Å². The lowest BCUT2D eigenvalue weighted by Crippen LogP contribution is -2.33. The van der Waals surface area contributed by atoms with Gasteiger partial charge in [-0.1, -0.05) is 30.3 Å². The van der Waals surface area contributed by atoms with Crippen LogP contribution >= 0.6 is 0 Å². The van der Waals surface area contributed by atoms with Crippen molar-refractivity contribution in [2.24, 2.45) is 5.92 Å². The van der Waals surface area contributed by atoms with E-state index >= 15 is 0 Å². The highest BCUT2D eigenvalue weighted by Crippen LogP contribution is 2.09. The van der Waals surface area contributed by atoms with Crippen molar-refractivity contribution in [3.8, 4) is 0 Å². The van der Waals surface area contributed by atoms with E-state index in [1.165, 1.54) is 5.56 Å². The minimum Gasteiger partial charge on any atom is -0.481 e. The van der Waals surface area contributed by atoms with Crippen LogP contribution in [0.25, 0.3) is 0 Å². The van der Waals surface area contributed by atoms with Crippen LogP contribution in [0.4, 0.5) is 0 Å². The number of hydrogen-bond acceptors (Lipinski definition) is 3. The van der Waals surface area contributed by atoms with Gasteiger partial charge in [0, 0.05) is 32.7 Å². The van der Waals surface area contributed by atoms with E-state index in [-0.39, 0.29) is 5.92 Å². The topological polar surface area (TPSA) is 52.6 Å². The molecule has 92 valence electrons. The molecule has 4 nitrogen and oxygen atoms in total. The van der Waals surface area contributed by atoms with E-state index < -0.39 is 5.97 Å². The molecule has 1 aliphatic heterocycles. The molecule has 1 aromatic rings. The van der Waals surface area contributed by atoms with Gasteiger partial charge in [-0.3, -0.25) is 9.69 Å². The summed E-state index contributed by atoms with van der Waals surface area (Å²) in [4.78, 5) is 13.2. The van der Waals surface area contributed by atoms with Crippen LogP contribution in [-0.2, 0) is 11.3 Å². The third-order valence-corrected chi connectivity index (χ3v) is 3.07. The number of carbonyl (C=O) groups is 1. The zero-order chi connectivity index (χ0) is 12.1. The number of nitrogens with zero attached hydrogens (tertiary/aromatic N) is 1. The fraction of sp³-hybridized carbons (Fsp3) is 0.462. The maximum absolute atomic E-state index is 11.0. The van der Waals surface area contributed by atoms with Gasteiger partial charge in [0.05, 0.1) is 5.92 Å². The van der Waals surface area contributed by atoms with Crippen molar-refractivity contribution in [3.05, 3.63) is 35.9 Å². The van der Waals surface area contributed by atoms with Gasteiger partial charge >= 0.3 is 5.97 Å². The maximum Gasteiger partial charge on any atom is 0.309 e. The molecule has 0 spiro atoms. The second-order valence-electron chi connectivity index (χ2n) is 4.46. The largest absolute Gasteiger partial charge is 0.481 e. The quantitative estimate of drug-likeness (QED) is 0.812. The van der Waals surface area contributed by atoms with Crippen LogP contribution in [0.2, 0.25) is 0 Å². The number of benzene rings is 1. The van der Waals surface area contributed by atoms with Crippen molar-refractivity contribution in [3.63, 3.8) is 0 Å². The van der Waals surface area contributed by atoms with Crippen molar-refractivity contribution in [1.82, 2.24) is 10.2 Å². The summed E-state index contributed by atoms with van der Waals surface area (Å²) in [6, 6.07) is 10.2. The summed E-state index contributed by atoms with van der Waals surface area (Å²) in [6.45, 7) is 3.78. The summed E-state index contributed by atoms with van der Waals surface area (Å²) in [5.74, 6) is -1.02. The summed E-state index contributed by atoms with van der Waals surface area (Å²) in [7, 11) is 0. The molecule has 0 aliphatic carbocycles. The average Bonchev–Trinajstić information content (AvgIpc) is 2.56. The number of carboxylic acid groups (broad SMARTS) is 1. The summed E-state index contributed by atoms with van der Waals surface area (Å²) < 4.78 is 0. The van der Waals surface area contributed by atoms with Crippen molar-refractivity contribution in [2.75, 3.05) is 26.2 Å². The van der Waals surface area contributed by atoms with Gasteiger partial charge < -0.3 is 10.4 Å². The van der Waals surface area contributed by atoms with Gasteiger partial charge in [0.1, 0.15) is 0 Å². The third-order valence-electron chi connectivity index (χ3n) is 3.07. The summed E-state index contributed by atoms with van der Waals surface area (Å²) in [6.07, 6.45) is 0. The molecular formula is C13H18N2O2. The van der Waals surface area contributed by atoms with Gasteiger partial charge in [0.15, 0.2) is 0 Å². The Morgan fingerprint density at radius 3 is 2.88 bits per heavy atom. The van der Waals surface area contributed by atoms with E-state index in [0.29, 0.717) is 13.1 Å². The van der Waals surface area contributed by atoms with E-state index in [0.717, 1.165) is 19.6 Å². The normalized spacial score (nSPS) is 22.0. The zero-order valence-electron chi connectivity index (χ0n) is 9.80. The van der Waals surface area contributed by atoms with Gasteiger partial charge in [-0.05, 0) is 5.56 Å². The molecule has 0 aromatic heterocycles. The first-order valence-corrected chi connectivity index (χ1v) is 5.95. The van der Waals surface area contributed by atoms with Crippen molar-refractivity contribution >= 4 is 5.97 Å². The molecule has 4 heteroatoms. The molecule has 1 saturated heterocycles. The lowest BCUT2D eigenvalue weighted by atomic mass is 10.1. The summed E-state index contributed by atoms with van der Waals surface area (Å²) in [5, 5.41) is 12.3. The summed E-state index contributed by atoms with van der Waals surface area (Å²) >= 11 is 0. The molecule has 1 heterocycles. The Bertz CT molecular complexity index is 367. The molecule has 0 saturated carbocycles. The number of rotatable bonds is 3. The molecular weight excluding hydrogens is 216 g/mol. The van der Waals surface area contributed by atoms with E-state index in [9.17, 15) is 4.79 Å². The molecule has 1 aromatic carbocycles. The Labute approximate surface area is 101 Å². The van der Waals surface area contributed by atoms with E-state index in [1.54, 1.807) is 0 Å². The first-order valence-electron chi connectivity index (χ1n) is 5.95. The second kappa shape index (κ2) is 5.80. The molecule has 0 unspecified atom stereocenters. The molecule has 1 fully saturated rings. The van der Waals surface area contributed by atoms with Gasteiger partial charge in [0.2, 0.25) is 0 Å².